The van der Waals surface area contributed by atoms with Crippen LogP contribution in [0, 0.1) is 0 Å². The van der Waals surface area contributed by atoms with Gasteiger partial charge in [0.15, 0.2) is 0 Å². The summed E-state index contributed by atoms with van der Waals surface area (Å²) in [6.07, 6.45) is 1.79. The minimum absolute atomic E-state index is 0.633. The van der Waals surface area contributed by atoms with E-state index in [1.807, 2.05) is 19.1 Å². The van der Waals surface area contributed by atoms with Gasteiger partial charge in [0.25, 0.3) is 0 Å². The molecule has 3 rings (SSSR count). The Hall–Kier alpha value is -2.04. The first-order valence-electron chi connectivity index (χ1n) is 6.21. The van der Waals surface area contributed by atoms with E-state index in [0.717, 1.165) is 30.8 Å². The van der Waals surface area contributed by atoms with E-state index >= 15 is 0 Å². The van der Waals surface area contributed by atoms with Gasteiger partial charge in [-0.2, -0.15) is 0 Å². The number of hydrogen-bond donors (Lipinski definition) is 1. The lowest BCUT2D eigenvalue weighted by atomic mass is 10.1. The molecule has 1 aliphatic rings. The molecule has 18 heavy (non-hydrogen) atoms. The zero-order chi connectivity index (χ0) is 12.5. The van der Waals surface area contributed by atoms with Crippen LogP contribution in [0.1, 0.15) is 24.3 Å². The van der Waals surface area contributed by atoms with Gasteiger partial charge in [0.05, 0.1) is 17.9 Å². The van der Waals surface area contributed by atoms with Crippen LogP contribution in [0.25, 0.3) is 0 Å². The second kappa shape index (κ2) is 4.33. The minimum Gasteiger partial charge on any atom is -0.423 e. The van der Waals surface area contributed by atoms with Crippen molar-refractivity contribution in [2.24, 2.45) is 0 Å². The summed E-state index contributed by atoms with van der Waals surface area (Å²) in [6.45, 7) is 3.59. The smallest absolute Gasteiger partial charge is 0.235 e. The van der Waals surface area contributed by atoms with Crippen LogP contribution in [-0.2, 0) is 19.4 Å². The molecule has 0 saturated carbocycles. The van der Waals surface area contributed by atoms with E-state index in [1.54, 1.807) is 0 Å². The van der Waals surface area contributed by atoms with Gasteiger partial charge in [-0.05, 0) is 18.1 Å². The molecule has 0 saturated heterocycles. The maximum atomic E-state index is 6.04. The van der Waals surface area contributed by atoms with E-state index in [9.17, 15) is 0 Å². The SMILES string of the molecule is CCc1nnc(CN2CCc3cccc(N)c32)o1. The van der Waals surface area contributed by atoms with Gasteiger partial charge < -0.3 is 15.1 Å². The highest BCUT2D eigenvalue weighted by Gasteiger charge is 2.22. The van der Waals surface area contributed by atoms with Crippen molar-refractivity contribution < 1.29 is 4.42 Å². The van der Waals surface area contributed by atoms with Gasteiger partial charge >= 0.3 is 0 Å². The second-order valence-electron chi connectivity index (χ2n) is 4.47. The summed E-state index contributed by atoms with van der Waals surface area (Å²) in [5.74, 6) is 1.34. The maximum absolute atomic E-state index is 6.04. The van der Waals surface area contributed by atoms with E-state index in [0.29, 0.717) is 18.3 Å². The van der Waals surface area contributed by atoms with Crippen molar-refractivity contribution in [2.45, 2.75) is 26.3 Å². The molecular weight excluding hydrogens is 228 g/mol. The van der Waals surface area contributed by atoms with E-state index in [2.05, 4.69) is 21.2 Å². The van der Waals surface area contributed by atoms with Gasteiger partial charge in [0.1, 0.15) is 0 Å². The van der Waals surface area contributed by atoms with Crippen LogP contribution in [0.2, 0.25) is 0 Å². The van der Waals surface area contributed by atoms with Gasteiger partial charge in [0.2, 0.25) is 11.8 Å². The number of para-hydroxylation sites is 1. The summed E-state index contributed by atoms with van der Waals surface area (Å²) in [5.41, 5.74) is 9.27. The Labute approximate surface area is 106 Å². The molecule has 5 heteroatoms. The number of rotatable bonds is 3. The molecule has 0 aliphatic carbocycles. The summed E-state index contributed by atoms with van der Waals surface area (Å²) in [6, 6.07) is 6.05. The largest absolute Gasteiger partial charge is 0.423 e. The van der Waals surface area contributed by atoms with Crippen molar-refractivity contribution in [3.8, 4) is 0 Å². The highest BCUT2D eigenvalue weighted by Crippen LogP contribution is 2.34. The summed E-state index contributed by atoms with van der Waals surface area (Å²) < 4.78 is 5.54. The van der Waals surface area contributed by atoms with Crippen LogP contribution in [0.3, 0.4) is 0 Å². The molecule has 2 aromatic rings. The summed E-state index contributed by atoms with van der Waals surface area (Å²) in [5, 5.41) is 8.03. The number of nitrogens with zero attached hydrogens (tertiary/aromatic N) is 3. The van der Waals surface area contributed by atoms with Crippen molar-refractivity contribution >= 4 is 11.4 Å². The second-order valence-corrected chi connectivity index (χ2v) is 4.47. The number of nitrogen functional groups attached to an aromatic ring is 1. The fourth-order valence-corrected chi connectivity index (χ4v) is 2.38. The molecule has 2 heterocycles. The van der Waals surface area contributed by atoms with E-state index in [4.69, 9.17) is 10.2 Å². The highest BCUT2D eigenvalue weighted by atomic mass is 16.4. The molecule has 0 fully saturated rings. The number of aryl methyl sites for hydroxylation is 1. The predicted molar refractivity (Wildman–Crippen MR) is 69.3 cm³/mol. The van der Waals surface area contributed by atoms with Gasteiger partial charge in [-0.1, -0.05) is 19.1 Å². The summed E-state index contributed by atoms with van der Waals surface area (Å²) >= 11 is 0. The van der Waals surface area contributed by atoms with Gasteiger partial charge in [0, 0.05) is 13.0 Å². The topological polar surface area (TPSA) is 68.2 Å². The summed E-state index contributed by atoms with van der Waals surface area (Å²) in [7, 11) is 0. The van der Waals surface area contributed by atoms with Crippen molar-refractivity contribution in [1.82, 2.24) is 10.2 Å². The molecule has 5 nitrogen and oxygen atoms in total. The van der Waals surface area contributed by atoms with Crippen LogP contribution in [0.15, 0.2) is 22.6 Å². The highest BCUT2D eigenvalue weighted by molar-refractivity contribution is 5.73. The lowest BCUT2D eigenvalue weighted by molar-refractivity contribution is 0.450. The third kappa shape index (κ3) is 1.81. The lowest BCUT2D eigenvalue weighted by Crippen LogP contribution is -2.20. The number of benzene rings is 1. The standard InChI is InChI=1S/C13H16N4O/c1-2-11-15-16-12(18-11)8-17-7-6-9-4-3-5-10(14)13(9)17/h3-5H,2,6-8,14H2,1H3. The van der Waals surface area contributed by atoms with Crippen LogP contribution in [0.4, 0.5) is 11.4 Å². The Kier molecular flexibility index (Phi) is 2.66. The maximum Gasteiger partial charge on any atom is 0.235 e. The molecule has 1 aromatic heterocycles. The van der Waals surface area contributed by atoms with Gasteiger partial charge in [-0.3, -0.25) is 0 Å². The van der Waals surface area contributed by atoms with Gasteiger partial charge in [-0.25, -0.2) is 0 Å². The Morgan fingerprint density at radius 1 is 1.33 bits per heavy atom. The average molecular weight is 244 g/mol. The predicted octanol–water partition coefficient (Wildman–Crippen LogP) is 1.78. The van der Waals surface area contributed by atoms with Crippen LogP contribution >= 0.6 is 0 Å². The van der Waals surface area contributed by atoms with Crippen molar-refractivity contribution in [1.29, 1.82) is 0 Å². The number of fused-ring (bicyclic) bond motifs is 1. The lowest BCUT2D eigenvalue weighted by Gasteiger charge is -2.18. The molecule has 0 spiro atoms. The number of hydrogen-bond acceptors (Lipinski definition) is 5. The molecule has 0 radical (unpaired) electrons. The summed E-state index contributed by atoms with van der Waals surface area (Å²) in [4.78, 5) is 2.21. The average Bonchev–Trinajstić information content (AvgIpc) is 2.98. The fourth-order valence-electron chi connectivity index (χ4n) is 2.38. The monoisotopic (exact) mass is 244 g/mol. The van der Waals surface area contributed by atoms with Crippen molar-refractivity contribution in [2.75, 3.05) is 17.2 Å². The molecule has 0 amide bonds. The Morgan fingerprint density at radius 3 is 2.94 bits per heavy atom. The van der Waals surface area contributed by atoms with Crippen LogP contribution in [0.5, 0.6) is 0 Å². The Balaban J connectivity index is 1.84. The normalized spacial score (nSPS) is 13.9. The van der Waals surface area contributed by atoms with E-state index < -0.39 is 0 Å². The fraction of sp³-hybridized carbons (Fsp3) is 0.385. The molecule has 2 N–H and O–H groups in total. The first-order chi connectivity index (χ1) is 8.78. The Bertz CT molecular complexity index is 564. The van der Waals surface area contributed by atoms with Crippen LogP contribution in [-0.4, -0.2) is 16.7 Å². The van der Waals surface area contributed by atoms with E-state index in [1.165, 1.54) is 5.56 Å². The third-order valence-corrected chi connectivity index (χ3v) is 3.26. The first kappa shape index (κ1) is 11.1. The molecular formula is C13H16N4O. The molecule has 0 unspecified atom stereocenters. The van der Waals surface area contributed by atoms with Crippen molar-refractivity contribution in [3.63, 3.8) is 0 Å². The number of aromatic nitrogens is 2. The van der Waals surface area contributed by atoms with E-state index in [-0.39, 0.29) is 0 Å². The molecule has 0 bridgehead atoms. The molecule has 94 valence electrons. The molecule has 1 aliphatic heterocycles. The van der Waals surface area contributed by atoms with Crippen LogP contribution < -0.4 is 10.6 Å². The first-order valence-corrected chi connectivity index (χ1v) is 6.21. The zero-order valence-corrected chi connectivity index (χ0v) is 10.4. The molecule has 1 aromatic carbocycles. The number of nitrogens with two attached hydrogens (primary N) is 1. The van der Waals surface area contributed by atoms with Crippen molar-refractivity contribution in [3.05, 3.63) is 35.5 Å². The number of anilines is 2. The quantitative estimate of drug-likeness (QED) is 0.833. The third-order valence-electron chi connectivity index (χ3n) is 3.26. The Morgan fingerprint density at radius 2 is 2.17 bits per heavy atom. The molecule has 0 atom stereocenters. The van der Waals surface area contributed by atoms with Gasteiger partial charge in [-0.15, -0.1) is 10.2 Å². The minimum atomic E-state index is 0.633. The zero-order valence-electron chi connectivity index (χ0n) is 10.4.